The van der Waals surface area contributed by atoms with Gasteiger partial charge in [0.15, 0.2) is 0 Å². The SMILES string of the molecule is C=C1COC(OCC)(OC(C)c2ccccc2)O1. The van der Waals surface area contributed by atoms with Crippen molar-refractivity contribution in [3.8, 4) is 0 Å². The van der Waals surface area contributed by atoms with Gasteiger partial charge in [-0.05, 0) is 19.4 Å². The molecule has 1 heterocycles. The van der Waals surface area contributed by atoms with E-state index >= 15 is 0 Å². The van der Waals surface area contributed by atoms with E-state index in [2.05, 4.69) is 6.58 Å². The van der Waals surface area contributed by atoms with Gasteiger partial charge in [0.1, 0.15) is 12.4 Å². The van der Waals surface area contributed by atoms with Crippen molar-refractivity contribution in [2.45, 2.75) is 26.1 Å². The van der Waals surface area contributed by atoms with Crippen LogP contribution in [0, 0.1) is 0 Å². The van der Waals surface area contributed by atoms with E-state index in [0.29, 0.717) is 12.4 Å². The molecule has 4 heteroatoms. The molecule has 0 spiro atoms. The van der Waals surface area contributed by atoms with Crippen molar-refractivity contribution >= 4 is 0 Å². The summed E-state index contributed by atoms with van der Waals surface area (Å²) < 4.78 is 22.0. The molecule has 0 aliphatic carbocycles. The minimum atomic E-state index is -1.46. The van der Waals surface area contributed by atoms with Crippen molar-refractivity contribution in [2.75, 3.05) is 13.2 Å². The third-order valence-electron chi connectivity index (χ3n) is 2.59. The highest BCUT2D eigenvalue weighted by atomic mass is 17.0. The largest absolute Gasteiger partial charge is 0.461 e. The van der Waals surface area contributed by atoms with Gasteiger partial charge in [-0.1, -0.05) is 36.9 Å². The first kappa shape index (κ1) is 13.1. The minimum absolute atomic E-state index is 0.205. The Hall–Kier alpha value is -1.36. The molecule has 0 N–H and O–H groups in total. The standard InChI is InChI=1S/C14H18O4/c1-4-15-14(16-10-11(2)17-14)18-12(3)13-8-6-5-7-9-13/h5-9,12H,2,4,10H2,1,3H3. The summed E-state index contributed by atoms with van der Waals surface area (Å²) in [5, 5.41) is 0. The van der Waals surface area contributed by atoms with Crippen molar-refractivity contribution in [1.29, 1.82) is 0 Å². The summed E-state index contributed by atoms with van der Waals surface area (Å²) in [6, 6.07) is 9.83. The minimum Gasteiger partial charge on any atom is -0.419 e. The number of rotatable bonds is 5. The Morgan fingerprint density at radius 1 is 1.39 bits per heavy atom. The highest BCUT2D eigenvalue weighted by molar-refractivity contribution is 5.16. The molecule has 1 aromatic rings. The van der Waals surface area contributed by atoms with Gasteiger partial charge >= 0.3 is 6.16 Å². The zero-order valence-corrected chi connectivity index (χ0v) is 10.7. The van der Waals surface area contributed by atoms with Crippen molar-refractivity contribution in [3.05, 3.63) is 48.2 Å². The Morgan fingerprint density at radius 2 is 2.11 bits per heavy atom. The Morgan fingerprint density at radius 3 is 2.67 bits per heavy atom. The topological polar surface area (TPSA) is 36.9 Å². The maximum absolute atomic E-state index is 5.77. The van der Waals surface area contributed by atoms with Crippen LogP contribution < -0.4 is 0 Å². The van der Waals surface area contributed by atoms with E-state index in [1.54, 1.807) is 0 Å². The second kappa shape index (κ2) is 5.52. The van der Waals surface area contributed by atoms with Gasteiger partial charge in [0.25, 0.3) is 0 Å². The molecular weight excluding hydrogens is 232 g/mol. The van der Waals surface area contributed by atoms with Gasteiger partial charge in [0.05, 0.1) is 12.7 Å². The lowest BCUT2D eigenvalue weighted by Crippen LogP contribution is -2.37. The van der Waals surface area contributed by atoms with Gasteiger partial charge in [0.2, 0.25) is 0 Å². The molecule has 98 valence electrons. The normalized spacial score (nSPS) is 24.9. The first-order valence-corrected chi connectivity index (χ1v) is 6.02. The molecule has 0 amide bonds. The fourth-order valence-electron chi connectivity index (χ4n) is 1.75. The second-order valence-electron chi connectivity index (χ2n) is 4.03. The number of hydrogen-bond acceptors (Lipinski definition) is 4. The van der Waals surface area contributed by atoms with Crippen LogP contribution >= 0.6 is 0 Å². The van der Waals surface area contributed by atoms with Crippen molar-refractivity contribution in [3.63, 3.8) is 0 Å². The van der Waals surface area contributed by atoms with Gasteiger partial charge in [0, 0.05) is 0 Å². The summed E-state index contributed by atoms with van der Waals surface area (Å²) in [4.78, 5) is 0. The maximum Gasteiger partial charge on any atom is 0.461 e. The predicted octanol–water partition coefficient (Wildman–Crippen LogP) is 2.97. The fraction of sp³-hybridized carbons (Fsp3) is 0.429. The first-order chi connectivity index (χ1) is 8.65. The van der Waals surface area contributed by atoms with Crippen LogP contribution in [0.1, 0.15) is 25.5 Å². The lowest BCUT2D eigenvalue weighted by Gasteiger charge is -2.28. The van der Waals surface area contributed by atoms with Crippen molar-refractivity contribution in [1.82, 2.24) is 0 Å². The van der Waals surface area contributed by atoms with Crippen LogP contribution in [0.15, 0.2) is 42.7 Å². The monoisotopic (exact) mass is 250 g/mol. The van der Waals surface area contributed by atoms with Crippen LogP contribution in [-0.4, -0.2) is 19.4 Å². The molecule has 1 fully saturated rings. The molecule has 0 bridgehead atoms. The summed E-state index contributed by atoms with van der Waals surface area (Å²) in [6.45, 7) is 8.18. The molecule has 18 heavy (non-hydrogen) atoms. The van der Waals surface area contributed by atoms with Gasteiger partial charge in [-0.3, -0.25) is 14.2 Å². The van der Waals surface area contributed by atoms with Crippen molar-refractivity contribution < 1.29 is 18.9 Å². The van der Waals surface area contributed by atoms with E-state index in [0.717, 1.165) is 5.56 Å². The predicted molar refractivity (Wildman–Crippen MR) is 66.5 cm³/mol. The molecule has 2 atom stereocenters. The maximum atomic E-state index is 5.77. The molecule has 0 radical (unpaired) electrons. The first-order valence-electron chi connectivity index (χ1n) is 6.02. The molecule has 1 aromatic carbocycles. The summed E-state index contributed by atoms with van der Waals surface area (Å²) in [5.74, 6) is 0.503. The molecule has 1 saturated heterocycles. The highest BCUT2D eigenvalue weighted by Gasteiger charge is 2.44. The zero-order chi connectivity index (χ0) is 13.0. The molecule has 0 saturated carbocycles. The van der Waals surface area contributed by atoms with Crippen LogP contribution in [0.25, 0.3) is 0 Å². The van der Waals surface area contributed by atoms with Crippen molar-refractivity contribution in [2.24, 2.45) is 0 Å². The van der Waals surface area contributed by atoms with Crippen LogP contribution in [0.4, 0.5) is 0 Å². The van der Waals surface area contributed by atoms with Crippen LogP contribution in [-0.2, 0) is 18.9 Å². The molecule has 1 aliphatic heterocycles. The summed E-state index contributed by atoms with van der Waals surface area (Å²) in [6.07, 6.45) is -1.66. The molecule has 2 unspecified atom stereocenters. The molecule has 4 nitrogen and oxygen atoms in total. The fourth-order valence-corrected chi connectivity index (χ4v) is 1.75. The number of benzene rings is 1. The molecule has 2 rings (SSSR count). The van der Waals surface area contributed by atoms with E-state index in [1.807, 2.05) is 44.2 Å². The Labute approximate surface area is 107 Å². The molecular formula is C14H18O4. The summed E-state index contributed by atoms with van der Waals surface area (Å²) in [5.41, 5.74) is 1.03. The van der Waals surface area contributed by atoms with E-state index < -0.39 is 6.16 Å². The van der Waals surface area contributed by atoms with E-state index in [4.69, 9.17) is 18.9 Å². The Bertz CT molecular complexity index is 404. The summed E-state index contributed by atoms with van der Waals surface area (Å²) >= 11 is 0. The van der Waals surface area contributed by atoms with E-state index in [1.165, 1.54) is 0 Å². The Kier molecular flexibility index (Phi) is 4.01. The smallest absolute Gasteiger partial charge is 0.419 e. The lowest BCUT2D eigenvalue weighted by molar-refractivity contribution is -0.469. The Balaban J connectivity index is 2.08. The quantitative estimate of drug-likeness (QED) is 0.753. The zero-order valence-electron chi connectivity index (χ0n) is 10.7. The lowest BCUT2D eigenvalue weighted by atomic mass is 10.1. The van der Waals surface area contributed by atoms with Gasteiger partial charge in [-0.2, -0.15) is 0 Å². The number of ether oxygens (including phenoxy) is 4. The van der Waals surface area contributed by atoms with Crippen LogP contribution in [0.5, 0.6) is 0 Å². The summed E-state index contributed by atoms with van der Waals surface area (Å²) in [7, 11) is 0. The molecule has 0 aromatic heterocycles. The van der Waals surface area contributed by atoms with E-state index in [-0.39, 0.29) is 12.7 Å². The average molecular weight is 250 g/mol. The number of hydrogen-bond donors (Lipinski definition) is 0. The van der Waals surface area contributed by atoms with E-state index in [9.17, 15) is 0 Å². The van der Waals surface area contributed by atoms with Gasteiger partial charge < -0.3 is 4.74 Å². The highest BCUT2D eigenvalue weighted by Crippen LogP contribution is 2.33. The van der Waals surface area contributed by atoms with Gasteiger partial charge in [-0.25, -0.2) is 0 Å². The third-order valence-corrected chi connectivity index (χ3v) is 2.59. The van der Waals surface area contributed by atoms with Gasteiger partial charge in [-0.15, -0.1) is 0 Å². The average Bonchev–Trinajstić information content (AvgIpc) is 2.72. The third kappa shape index (κ3) is 2.90. The molecule has 1 aliphatic rings. The van der Waals surface area contributed by atoms with Crippen LogP contribution in [0.2, 0.25) is 0 Å². The second-order valence-corrected chi connectivity index (χ2v) is 4.03. The van der Waals surface area contributed by atoms with Crippen LogP contribution in [0.3, 0.4) is 0 Å².